The van der Waals surface area contributed by atoms with Crippen LogP contribution in [0.5, 0.6) is 17.2 Å². The third-order valence-electron chi connectivity index (χ3n) is 7.33. The van der Waals surface area contributed by atoms with Crippen LogP contribution >= 0.6 is 0 Å². The lowest BCUT2D eigenvalue weighted by Gasteiger charge is -2.39. The van der Waals surface area contributed by atoms with Gasteiger partial charge >= 0.3 is 6.09 Å². The molecule has 0 radical (unpaired) electrons. The molecule has 10 nitrogen and oxygen atoms in total. The van der Waals surface area contributed by atoms with Crippen molar-refractivity contribution >= 4 is 12.0 Å². The number of carbonyl (C=O) groups is 2. The fourth-order valence-electron chi connectivity index (χ4n) is 5.26. The van der Waals surface area contributed by atoms with Gasteiger partial charge in [-0.1, -0.05) is 12.1 Å². The fourth-order valence-corrected chi connectivity index (χ4v) is 5.26. The van der Waals surface area contributed by atoms with E-state index in [1.165, 1.54) is 6.07 Å². The lowest BCUT2D eigenvalue weighted by atomic mass is 9.80. The maximum absolute atomic E-state index is 14.8. The first-order chi connectivity index (χ1) is 20.1. The highest BCUT2D eigenvalue weighted by molar-refractivity contribution is 5.78. The number of likely N-dealkylation sites (tertiary alicyclic amines) is 1. The van der Waals surface area contributed by atoms with Crippen molar-refractivity contribution in [2.24, 2.45) is 5.92 Å². The van der Waals surface area contributed by atoms with Gasteiger partial charge in [0.25, 0.3) is 0 Å². The van der Waals surface area contributed by atoms with E-state index in [0.717, 1.165) is 11.1 Å². The minimum atomic E-state index is -0.614. The minimum Gasteiger partial charge on any atom is -0.493 e. The number of carbonyl (C=O) groups excluding carboxylic acids is 2. The molecule has 5 rings (SSSR count). The van der Waals surface area contributed by atoms with Gasteiger partial charge in [0.15, 0.2) is 11.5 Å². The Morgan fingerprint density at radius 2 is 2.00 bits per heavy atom. The summed E-state index contributed by atoms with van der Waals surface area (Å²) in [6.45, 7) is 7.33. The Morgan fingerprint density at radius 1 is 1.17 bits per heavy atom. The van der Waals surface area contributed by atoms with E-state index in [9.17, 15) is 14.0 Å². The SMILES string of the molecule is CC(C)(C)OC(=O)N1CCC(c2ccc(F)c(CC(=O)NCCc3cn[nH]c3)c2)C(COc2ccc3c(c2)OCO3)C1. The third kappa shape index (κ3) is 7.51. The summed E-state index contributed by atoms with van der Waals surface area (Å²) in [7, 11) is 0. The Balaban J connectivity index is 1.29. The van der Waals surface area contributed by atoms with Crippen molar-refractivity contribution in [3.63, 3.8) is 0 Å². The van der Waals surface area contributed by atoms with Gasteiger partial charge in [0.05, 0.1) is 19.2 Å². The van der Waals surface area contributed by atoms with Gasteiger partial charge < -0.3 is 29.2 Å². The van der Waals surface area contributed by atoms with Crippen molar-refractivity contribution in [2.75, 3.05) is 33.0 Å². The summed E-state index contributed by atoms with van der Waals surface area (Å²) in [6.07, 6.45) is 4.30. The number of piperidine rings is 1. The van der Waals surface area contributed by atoms with E-state index in [4.69, 9.17) is 18.9 Å². The van der Waals surface area contributed by atoms with Gasteiger partial charge in [0.2, 0.25) is 12.7 Å². The number of nitrogens with zero attached hydrogens (tertiary/aromatic N) is 2. The van der Waals surface area contributed by atoms with Crippen molar-refractivity contribution in [3.8, 4) is 17.2 Å². The number of aromatic amines is 1. The van der Waals surface area contributed by atoms with Gasteiger partial charge in [-0.15, -0.1) is 0 Å². The first kappa shape index (κ1) is 29.2. The normalized spacial score (nSPS) is 18.0. The molecule has 2 N–H and O–H groups in total. The average Bonchev–Trinajstić information content (AvgIpc) is 3.64. The summed E-state index contributed by atoms with van der Waals surface area (Å²) in [6, 6.07) is 10.4. The summed E-state index contributed by atoms with van der Waals surface area (Å²) in [4.78, 5) is 27.2. The van der Waals surface area contributed by atoms with Crippen LogP contribution in [0.25, 0.3) is 0 Å². The number of hydrogen-bond acceptors (Lipinski definition) is 7. The van der Waals surface area contributed by atoms with Crippen LogP contribution in [0.2, 0.25) is 0 Å². The van der Waals surface area contributed by atoms with Crippen LogP contribution < -0.4 is 19.5 Å². The molecule has 2 aliphatic heterocycles. The number of rotatable bonds is 9. The maximum Gasteiger partial charge on any atom is 0.410 e. The first-order valence-corrected chi connectivity index (χ1v) is 14.2. The largest absolute Gasteiger partial charge is 0.493 e. The number of ether oxygens (including phenoxy) is 4. The molecule has 1 aromatic heterocycles. The average molecular weight is 581 g/mol. The van der Waals surface area contributed by atoms with E-state index in [1.807, 2.05) is 26.8 Å². The Morgan fingerprint density at radius 3 is 2.79 bits per heavy atom. The summed E-state index contributed by atoms with van der Waals surface area (Å²) in [5.41, 5.74) is 1.60. The van der Waals surface area contributed by atoms with E-state index < -0.39 is 11.4 Å². The van der Waals surface area contributed by atoms with E-state index in [0.29, 0.717) is 61.9 Å². The highest BCUT2D eigenvalue weighted by atomic mass is 19.1. The molecular weight excluding hydrogens is 543 g/mol. The van der Waals surface area contributed by atoms with Crippen molar-refractivity contribution in [1.29, 1.82) is 0 Å². The van der Waals surface area contributed by atoms with E-state index >= 15 is 0 Å². The second-order valence-corrected chi connectivity index (χ2v) is 11.6. The lowest BCUT2D eigenvalue weighted by molar-refractivity contribution is -0.120. The monoisotopic (exact) mass is 580 g/mol. The molecule has 2 aromatic carbocycles. The number of fused-ring (bicyclic) bond motifs is 1. The van der Waals surface area contributed by atoms with Crippen molar-refractivity contribution < 1.29 is 32.9 Å². The highest BCUT2D eigenvalue weighted by Gasteiger charge is 2.35. The number of nitrogens with one attached hydrogen (secondary N) is 2. The molecule has 2 unspecified atom stereocenters. The van der Waals surface area contributed by atoms with Crippen LogP contribution in [0.15, 0.2) is 48.8 Å². The number of H-pyrrole nitrogens is 1. The van der Waals surface area contributed by atoms with Gasteiger partial charge in [0, 0.05) is 37.8 Å². The molecule has 0 bridgehead atoms. The Hall–Kier alpha value is -4.28. The van der Waals surface area contributed by atoms with Gasteiger partial charge in [-0.05, 0) is 74.4 Å². The van der Waals surface area contributed by atoms with Crippen molar-refractivity contribution in [2.45, 2.75) is 51.6 Å². The smallest absolute Gasteiger partial charge is 0.410 e. The second kappa shape index (κ2) is 12.7. The van der Waals surface area contributed by atoms with Crippen LogP contribution in [0.3, 0.4) is 0 Å². The predicted octanol–water partition coefficient (Wildman–Crippen LogP) is 4.60. The second-order valence-electron chi connectivity index (χ2n) is 11.6. The van der Waals surface area contributed by atoms with Crippen LogP contribution in [-0.4, -0.2) is 65.7 Å². The van der Waals surface area contributed by atoms with E-state index in [2.05, 4.69) is 15.5 Å². The summed E-state index contributed by atoms with van der Waals surface area (Å²) < 4.78 is 37.5. The minimum absolute atomic E-state index is 0.0267. The Kier molecular flexibility index (Phi) is 8.84. The first-order valence-electron chi connectivity index (χ1n) is 14.2. The molecule has 1 fully saturated rings. The molecule has 3 heterocycles. The molecule has 224 valence electrons. The molecule has 42 heavy (non-hydrogen) atoms. The van der Waals surface area contributed by atoms with Gasteiger partial charge in [0.1, 0.15) is 17.2 Å². The van der Waals surface area contributed by atoms with Gasteiger partial charge in [-0.25, -0.2) is 9.18 Å². The quantitative estimate of drug-likeness (QED) is 0.380. The number of amides is 2. The molecule has 2 atom stereocenters. The van der Waals surface area contributed by atoms with E-state index in [-0.39, 0.29) is 37.0 Å². The van der Waals surface area contributed by atoms with Crippen molar-refractivity contribution in [1.82, 2.24) is 20.4 Å². The number of hydrogen-bond donors (Lipinski definition) is 2. The zero-order valence-corrected chi connectivity index (χ0v) is 24.2. The van der Waals surface area contributed by atoms with Crippen LogP contribution in [0.4, 0.5) is 9.18 Å². The predicted molar refractivity (Wildman–Crippen MR) is 152 cm³/mol. The number of aromatic nitrogens is 2. The van der Waals surface area contributed by atoms with Gasteiger partial charge in [-0.2, -0.15) is 5.10 Å². The molecule has 0 spiro atoms. The maximum atomic E-state index is 14.8. The fraction of sp³-hybridized carbons (Fsp3) is 0.452. The van der Waals surface area contributed by atoms with Crippen LogP contribution in [-0.2, 0) is 22.4 Å². The molecule has 0 saturated carbocycles. The summed E-state index contributed by atoms with van der Waals surface area (Å²) in [5, 5.41) is 9.49. The number of halogens is 1. The van der Waals surface area contributed by atoms with Crippen molar-refractivity contribution in [3.05, 3.63) is 71.3 Å². The molecule has 11 heteroatoms. The third-order valence-corrected chi connectivity index (χ3v) is 7.33. The molecule has 3 aromatic rings. The molecular formula is C31H37FN4O6. The highest BCUT2D eigenvalue weighted by Crippen LogP contribution is 2.38. The zero-order valence-electron chi connectivity index (χ0n) is 24.2. The molecule has 2 amide bonds. The van der Waals surface area contributed by atoms with Crippen LogP contribution in [0.1, 0.15) is 49.8 Å². The van der Waals surface area contributed by atoms with E-state index in [1.54, 1.807) is 41.6 Å². The standard InChI is InChI=1S/C31H37FN4O6/c1-31(2,3)42-30(38)36-11-9-25(23(17-36)18-39-24-5-7-27-28(14-24)41-19-40-27)21-4-6-26(32)22(12-21)13-29(37)33-10-8-20-15-34-35-16-20/h4-7,12,14-16,23,25H,8-11,13,17-19H2,1-3H3,(H,33,37)(H,34,35). The molecule has 0 aliphatic carbocycles. The summed E-state index contributed by atoms with van der Waals surface area (Å²) in [5.74, 6) is 1.09. The van der Waals surface area contributed by atoms with Gasteiger partial charge in [-0.3, -0.25) is 9.89 Å². The number of benzene rings is 2. The lowest BCUT2D eigenvalue weighted by Crippen LogP contribution is -2.46. The molecule has 2 aliphatic rings. The summed E-state index contributed by atoms with van der Waals surface area (Å²) >= 11 is 0. The Bertz CT molecular complexity index is 1390. The zero-order chi connectivity index (χ0) is 29.7. The van der Waals surface area contributed by atoms with Crippen LogP contribution in [0, 0.1) is 11.7 Å². The Labute approximate surface area is 244 Å². The topological polar surface area (TPSA) is 115 Å². The molecule has 1 saturated heterocycles.